The Labute approximate surface area is 119 Å². The zero-order valence-corrected chi connectivity index (χ0v) is 11.2. The standard InChI is InChI=1S/C13H12N4O4/c1-7-2-5-9(10(6-7)17(20)21)16-12(8-3-4-8)11(13(18)19)14-15-16/h2,5-6,8H,3-4H2,1H3,(H,18,19). The van der Waals surface area contributed by atoms with E-state index in [9.17, 15) is 20.0 Å². The van der Waals surface area contributed by atoms with Crippen LogP contribution in [-0.4, -0.2) is 31.0 Å². The third-order valence-corrected chi connectivity index (χ3v) is 3.43. The fourth-order valence-corrected chi connectivity index (χ4v) is 2.30. The molecule has 0 spiro atoms. The van der Waals surface area contributed by atoms with Crippen molar-refractivity contribution >= 4 is 11.7 Å². The summed E-state index contributed by atoms with van der Waals surface area (Å²) in [4.78, 5) is 21.9. The number of hydrogen-bond donors (Lipinski definition) is 1. The van der Waals surface area contributed by atoms with Crippen molar-refractivity contribution in [2.24, 2.45) is 0 Å². The zero-order chi connectivity index (χ0) is 15.1. The number of carboxylic acid groups (broad SMARTS) is 1. The number of hydrogen-bond acceptors (Lipinski definition) is 5. The van der Waals surface area contributed by atoms with Gasteiger partial charge in [-0.25, -0.2) is 9.48 Å². The van der Waals surface area contributed by atoms with Crippen LogP contribution in [0.2, 0.25) is 0 Å². The number of carbonyl (C=O) groups is 1. The lowest BCUT2D eigenvalue weighted by Gasteiger charge is -2.07. The summed E-state index contributed by atoms with van der Waals surface area (Å²) in [6.07, 6.45) is 1.68. The van der Waals surface area contributed by atoms with Crippen LogP contribution in [-0.2, 0) is 0 Å². The molecule has 8 nitrogen and oxygen atoms in total. The number of rotatable bonds is 4. The average molecular weight is 288 g/mol. The van der Waals surface area contributed by atoms with E-state index in [4.69, 9.17) is 0 Å². The molecule has 0 amide bonds. The molecule has 2 aromatic rings. The summed E-state index contributed by atoms with van der Waals surface area (Å²) in [5, 5.41) is 27.9. The Kier molecular flexibility index (Phi) is 2.93. The molecular formula is C13H12N4O4. The summed E-state index contributed by atoms with van der Waals surface area (Å²) >= 11 is 0. The van der Waals surface area contributed by atoms with E-state index in [-0.39, 0.29) is 23.0 Å². The van der Waals surface area contributed by atoms with Crippen molar-refractivity contribution in [2.45, 2.75) is 25.7 Å². The maximum atomic E-state index is 11.2. The quantitative estimate of drug-likeness (QED) is 0.680. The highest BCUT2D eigenvalue weighted by Gasteiger charge is 2.35. The Balaban J connectivity index is 2.22. The van der Waals surface area contributed by atoms with E-state index in [1.807, 2.05) is 0 Å². The summed E-state index contributed by atoms with van der Waals surface area (Å²) in [7, 11) is 0. The van der Waals surface area contributed by atoms with Gasteiger partial charge in [-0.15, -0.1) is 5.10 Å². The van der Waals surface area contributed by atoms with Gasteiger partial charge >= 0.3 is 5.97 Å². The van der Waals surface area contributed by atoms with Gasteiger partial charge in [0.15, 0.2) is 5.69 Å². The number of carboxylic acids is 1. The lowest BCUT2D eigenvalue weighted by atomic mass is 10.1. The predicted octanol–water partition coefficient (Wildman–Crippen LogP) is 2.06. The van der Waals surface area contributed by atoms with Gasteiger partial charge in [-0.05, 0) is 31.4 Å². The van der Waals surface area contributed by atoms with Crippen molar-refractivity contribution in [1.29, 1.82) is 0 Å². The topological polar surface area (TPSA) is 111 Å². The molecule has 1 aliphatic rings. The first-order valence-electron chi connectivity index (χ1n) is 6.43. The van der Waals surface area contributed by atoms with Crippen LogP contribution in [0, 0.1) is 17.0 Å². The fourth-order valence-electron chi connectivity index (χ4n) is 2.30. The van der Waals surface area contributed by atoms with Gasteiger partial charge in [0.1, 0.15) is 5.69 Å². The fraction of sp³-hybridized carbons (Fsp3) is 0.308. The third-order valence-electron chi connectivity index (χ3n) is 3.43. The molecule has 108 valence electrons. The highest BCUT2D eigenvalue weighted by Crippen LogP contribution is 2.42. The van der Waals surface area contributed by atoms with Gasteiger partial charge < -0.3 is 5.11 Å². The largest absolute Gasteiger partial charge is 0.476 e. The minimum atomic E-state index is -1.17. The van der Waals surface area contributed by atoms with Crippen LogP contribution in [0.3, 0.4) is 0 Å². The normalized spacial score (nSPS) is 14.1. The summed E-state index contributed by atoms with van der Waals surface area (Å²) in [6.45, 7) is 1.75. The first-order chi connectivity index (χ1) is 9.99. The molecule has 1 aromatic heterocycles. The van der Waals surface area contributed by atoms with E-state index in [0.29, 0.717) is 5.69 Å². The summed E-state index contributed by atoms with van der Waals surface area (Å²) in [6, 6.07) is 4.73. The first kappa shape index (κ1) is 13.2. The Bertz CT molecular complexity index is 749. The molecule has 0 bridgehead atoms. The summed E-state index contributed by atoms with van der Waals surface area (Å²) in [5.41, 5.74) is 1.19. The molecule has 3 rings (SSSR count). The molecule has 0 aliphatic heterocycles. The van der Waals surface area contributed by atoms with Crippen LogP contribution in [0.1, 0.15) is 40.5 Å². The SMILES string of the molecule is Cc1ccc(-n2nnc(C(=O)O)c2C2CC2)c([N+](=O)[O-])c1. The lowest BCUT2D eigenvalue weighted by Crippen LogP contribution is -2.08. The molecule has 21 heavy (non-hydrogen) atoms. The Morgan fingerprint density at radius 2 is 2.19 bits per heavy atom. The van der Waals surface area contributed by atoms with Gasteiger partial charge in [0, 0.05) is 12.0 Å². The summed E-state index contributed by atoms with van der Waals surface area (Å²) in [5.74, 6) is -1.12. The highest BCUT2D eigenvalue weighted by molar-refractivity contribution is 5.87. The maximum absolute atomic E-state index is 11.2. The predicted molar refractivity (Wildman–Crippen MR) is 71.7 cm³/mol. The summed E-state index contributed by atoms with van der Waals surface area (Å²) < 4.78 is 1.29. The number of nitro benzene ring substituents is 1. The van der Waals surface area contributed by atoms with Crippen molar-refractivity contribution in [3.8, 4) is 5.69 Å². The minimum Gasteiger partial charge on any atom is -0.476 e. The van der Waals surface area contributed by atoms with Crippen molar-refractivity contribution in [1.82, 2.24) is 15.0 Å². The molecule has 1 saturated carbocycles. The molecule has 1 aliphatic carbocycles. The average Bonchev–Trinajstić information content (AvgIpc) is 3.17. The van der Waals surface area contributed by atoms with E-state index in [1.54, 1.807) is 19.1 Å². The second kappa shape index (κ2) is 4.65. The van der Waals surface area contributed by atoms with Crippen molar-refractivity contribution in [3.63, 3.8) is 0 Å². The van der Waals surface area contributed by atoms with E-state index in [1.165, 1.54) is 10.7 Å². The number of nitrogens with zero attached hydrogens (tertiary/aromatic N) is 4. The van der Waals surface area contributed by atoms with Crippen molar-refractivity contribution in [2.75, 3.05) is 0 Å². The monoisotopic (exact) mass is 288 g/mol. The van der Waals surface area contributed by atoms with Gasteiger partial charge in [0.05, 0.1) is 10.6 Å². The zero-order valence-electron chi connectivity index (χ0n) is 11.2. The minimum absolute atomic E-state index is 0.0482. The van der Waals surface area contributed by atoms with E-state index >= 15 is 0 Å². The molecule has 0 unspecified atom stereocenters. The van der Waals surface area contributed by atoms with Gasteiger partial charge in [-0.3, -0.25) is 10.1 Å². The molecule has 0 radical (unpaired) electrons. The second-order valence-corrected chi connectivity index (χ2v) is 5.06. The van der Waals surface area contributed by atoms with E-state index in [2.05, 4.69) is 10.3 Å². The van der Waals surface area contributed by atoms with Crippen molar-refractivity contribution in [3.05, 3.63) is 45.3 Å². The molecule has 1 aromatic carbocycles. The number of aromatic carboxylic acids is 1. The molecule has 1 heterocycles. The van der Waals surface area contributed by atoms with Crippen LogP contribution >= 0.6 is 0 Å². The van der Waals surface area contributed by atoms with Gasteiger partial charge in [-0.2, -0.15) is 0 Å². The Hall–Kier alpha value is -2.77. The lowest BCUT2D eigenvalue weighted by molar-refractivity contribution is -0.384. The maximum Gasteiger partial charge on any atom is 0.358 e. The van der Waals surface area contributed by atoms with Gasteiger partial charge in [0.2, 0.25) is 0 Å². The molecule has 8 heteroatoms. The second-order valence-electron chi connectivity index (χ2n) is 5.06. The number of aromatic nitrogens is 3. The number of nitro groups is 1. The van der Waals surface area contributed by atoms with Crippen LogP contribution in [0.25, 0.3) is 5.69 Å². The van der Waals surface area contributed by atoms with Crippen LogP contribution in [0.4, 0.5) is 5.69 Å². The highest BCUT2D eigenvalue weighted by atomic mass is 16.6. The van der Waals surface area contributed by atoms with Crippen LogP contribution < -0.4 is 0 Å². The number of benzene rings is 1. The molecule has 1 fully saturated rings. The molecular weight excluding hydrogens is 276 g/mol. The van der Waals surface area contributed by atoms with E-state index in [0.717, 1.165) is 18.4 Å². The smallest absolute Gasteiger partial charge is 0.358 e. The van der Waals surface area contributed by atoms with Gasteiger partial charge in [-0.1, -0.05) is 11.3 Å². The molecule has 0 atom stereocenters. The Morgan fingerprint density at radius 1 is 1.48 bits per heavy atom. The Morgan fingerprint density at radius 3 is 2.76 bits per heavy atom. The molecule has 1 N–H and O–H groups in total. The van der Waals surface area contributed by atoms with Crippen LogP contribution in [0.5, 0.6) is 0 Å². The number of aryl methyl sites for hydroxylation is 1. The third kappa shape index (κ3) is 2.24. The van der Waals surface area contributed by atoms with Crippen molar-refractivity contribution < 1.29 is 14.8 Å². The van der Waals surface area contributed by atoms with E-state index < -0.39 is 10.9 Å². The van der Waals surface area contributed by atoms with Crippen LogP contribution in [0.15, 0.2) is 18.2 Å². The first-order valence-corrected chi connectivity index (χ1v) is 6.43. The van der Waals surface area contributed by atoms with Gasteiger partial charge in [0.25, 0.3) is 5.69 Å². The molecule has 0 saturated heterocycles.